The highest BCUT2D eigenvalue weighted by molar-refractivity contribution is 6.33. The van der Waals surface area contributed by atoms with E-state index in [4.69, 9.17) is 11.6 Å². The van der Waals surface area contributed by atoms with Gasteiger partial charge in [-0.3, -0.25) is 9.59 Å². The van der Waals surface area contributed by atoms with Crippen molar-refractivity contribution < 1.29 is 9.59 Å². The van der Waals surface area contributed by atoms with Crippen LogP contribution in [0.2, 0.25) is 5.02 Å². The number of hydrogen-bond acceptors (Lipinski definition) is 2. The van der Waals surface area contributed by atoms with E-state index in [9.17, 15) is 9.59 Å². The van der Waals surface area contributed by atoms with Gasteiger partial charge in [0.15, 0.2) is 0 Å². The maximum Gasteiger partial charge on any atom is 0.253 e. The van der Waals surface area contributed by atoms with Gasteiger partial charge < -0.3 is 10.2 Å². The van der Waals surface area contributed by atoms with Gasteiger partial charge in [0.05, 0.1) is 10.6 Å². The molecule has 0 bridgehead atoms. The summed E-state index contributed by atoms with van der Waals surface area (Å²) < 4.78 is 0. The third-order valence-electron chi connectivity index (χ3n) is 3.56. The molecule has 0 heterocycles. The summed E-state index contributed by atoms with van der Waals surface area (Å²) in [6.45, 7) is 6.62. The molecule has 0 radical (unpaired) electrons. The molecule has 1 unspecified atom stereocenters. The summed E-state index contributed by atoms with van der Waals surface area (Å²) in [6.07, 6.45) is 1.97. The molecule has 4 nitrogen and oxygen atoms in total. The molecular formula is C17H25ClN2O2. The number of rotatable bonds is 7. The van der Waals surface area contributed by atoms with Gasteiger partial charge >= 0.3 is 0 Å². The van der Waals surface area contributed by atoms with Crippen molar-refractivity contribution >= 4 is 23.4 Å². The Morgan fingerprint density at radius 2 is 1.91 bits per heavy atom. The van der Waals surface area contributed by atoms with Crippen molar-refractivity contribution in [2.24, 2.45) is 5.92 Å². The van der Waals surface area contributed by atoms with Crippen LogP contribution in [-0.2, 0) is 4.79 Å². The lowest BCUT2D eigenvalue weighted by molar-refractivity contribution is -0.133. The lowest BCUT2D eigenvalue weighted by Gasteiger charge is -2.27. The largest absolute Gasteiger partial charge is 0.344 e. The average Bonchev–Trinajstić information content (AvgIpc) is 2.49. The van der Waals surface area contributed by atoms with E-state index in [-0.39, 0.29) is 17.7 Å². The first-order valence-corrected chi connectivity index (χ1v) is 8.06. The molecule has 0 spiro atoms. The van der Waals surface area contributed by atoms with E-state index in [0.717, 1.165) is 12.8 Å². The number of carbonyl (C=O) groups is 2. The normalized spacial score (nSPS) is 12.1. The molecule has 22 heavy (non-hydrogen) atoms. The molecule has 1 aromatic carbocycles. The molecule has 1 aromatic rings. The number of unbranched alkanes of at least 4 members (excludes halogenated alkanes) is 1. The zero-order chi connectivity index (χ0) is 16.7. The Morgan fingerprint density at radius 3 is 2.45 bits per heavy atom. The molecule has 0 saturated carbocycles. The van der Waals surface area contributed by atoms with Gasteiger partial charge in [0.25, 0.3) is 5.91 Å². The smallest absolute Gasteiger partial charge is 0.253 e. The topological polar surface area (TPSA) is 49.4 Å². The third-order valence-corrected chi connectivity index (χ3v) is 3.89. The lowest BCUT2D eigenvalue weighted by atomic mass is 10.0. The van der Waals surface area contributed by atoms with Gasteiger partial charge in [-0.2, -0.15) is 0 Å². The SMILES string of the molecule is CCCCN(C)C(=O)C(NC(=O)c1ccccc1Cl)C(C)C. The molecule has 2 amide bonds. The summed E-state index contributed by atoms with van der Waals surface area (Å²) >= 11 is 6.04. The molecule has 1 atom stereocenters. The van der Waals surface area contributed by atoms with Gasteiger partial charge in [-0.25, -0.2) is 0 Å². The van der Waals surface area contributed by atoms with Crippen molar-refractivity contribution in [1.82, 2.24) is 10.2 Å². The minimum atomic E-state index is -0.550. The van der Waals surface area contributed by atoms with Crippen molar-refractivity contribution in [3.63, 3.8) is 0 Å². The third kappa shape index (κ3) is 5.02. The van der Waals surface area contributed by atoms with Crippen molar-refractivity contribution in [3.8, 4) is 0 Å². The molecule has 0 saturated heterocycles. The van der Waals surface area contributed by atoms with Crippen LogP contribution >= 0.6 is 11.6 Å². The van der Waals surface area contributed by atoms with Gasteiger partial charge in [0.2, 0.25) is 5.91 Å². The van der Waals surface area contributed by atoms with Crippen LogP contribution in [0.5, 0.6) is 0 Å². The highest BCUT2D eigenvalue weighted by Crippen LogP contribution is 2.16. The molecule has 0 aliphatic heterocycles. The second-order valence-electron chi connectivity index (χ2n) is 5.79. The van der Waals surface area contributed by atoms with E-state index in [0.29, 0.717) is 17.1 Å². The summed E-state index contributed by atoms with van der Waals surface area (Å²) in [6, 6.07) is 6.28. The number of nitrogens with one attached hydrogen (secondary N) is 1. The van der Waals surface area contributed by atoms with Crippen molar-refractivity contribution in [1.29, 1.82) is 0 Å². The molecule has 1 N–H and O–H groups in total. The van der Waals surface area contributed by atoms with Crippen LogP contribution in [-0.4, -0.2) is 36.3 Å². The Morgan fingerprint density at radius 1 is 1.27 bits per heavy atom. The first-order valence-electron chi connectivity index (χ1n) is 7.68. The van der Waals surface area contributed by atoms with E-state index in [1.54, 1.807) is 36.2 Å². The Hall–Kier alpha value is -1.55. The predicted octanol–water partition coefficient (Wildman–Crippen LogP) is 3.35. The minimum absolute atomic E-state index is 0.00279. The Bertz CT molecular complexity index is 517. The number of benzene rings is 1. The van der Waals surface area contributed by atoms with Gasteiger partial charge in [0, 0.05) is 13.6 Å². The molecule has 1 rings (SSSR count). The number of nitrogens with zero attached hydrogens (tertiary/aromatic N) is 1. The van der Waals surface area contributed by atoms with Crippen LogP contribution < -0.4 is 5.32 Å². The zero-order valence-electron chi connectivity index (χ0n) is 13.7. The fourth-order valence-corrected chi connectivity index (χ4v) is 2.34. The summed E-state index contributed by atoms with van der Waals surface area (Å²) in [5.41, 5.74) is 0.388. The van der Waals surface area contributed by atoms with Crippen molar-refractivity contribution in [2.45, 2.75) is 39.7 Å². The van der Waals surface area contributed by atoms with Crippen LogP contribution in [0.15, 0.2) is 24.3 Å². The number of likely N-dealkylation sites (N-methyl/N-ethyl adjacent to an activating group) is 1. The minimum Gasteiger partial charge on any atom is -0.344 e. The maximum atomic E-state index is 12.5. The number of carbonyl (C=O) groups excluding carboxylic acids is 2. The van der Waals surface area contributed by atoms with E-state index in [2.05, 4.69) is 12.2 Å². The fraction of sp³-hybridized carbons (Fsp3) is 0.529. The molecule has 5 heteroatoms. The fourth-order valence-electron chi connectivity index (χ4n) is 2.12. The van der Waals surface area contributed by atoms with Crippen LogP contribution in [0, 0.1) is 5.92 Å². The molecule has 0 aliphatic carbocycles. The number of halogens is 1. The second-order valence-corrected chi connectivity index (χ2v) is 6.20. The Labute approximate surface area is 137 Å². The Balaban J connectivity index is 2.82. The molecule has 0 aliphatic rings. The molecular weight excluding hydrogens is 300 g/mol. The van der Waals surface area contributed by atoms with Gasteiger partial charge in [0.1, 0.15) is 6.04 Å². The zero-order valence-corrected chi connectivity index (χ0v) is 14.5. The maximum absolute atomic E-state index is 12.5. The lowest BCUT2D eigenvalue weighted by Crippen LogP contribution is -2.50. The van der Waals surface area contributed by atoms with E-state index >= 15 is 0 Å². The van der Waals surface area contributed by atoms with Crippen molar-refractivity contribution in [2.75, 3.05) is 13.6 Å². The quantitative estimate of drug-likeness (QED) is 0.836. The molecule has 0 fully saturated rings. The number of hydrogen-bond donors (Lipinski definition) is 1. The summed E-state index contributed by atoms with van der Waals surface area (Å²) in [7, 11) is 1.77. The molecule has 0 aromatic heterocycles. The first kappa shape index (κ1) is 18.5. The van der Waals surface area contributed by atoms with Crippen molar-refractivity contribution in [3.05, 3.63) is 34.9 Å². The summed E-state index contributed by atoms with van der Waals surface area (Å²) in [5, 5.41) is 3.20. The monoisotopic (exact) mass is 324 g/mol. The van der Waals surface area contributed by atoms with Gasteiger partial charge in [-0.15, -0.1) is 0 Å². The van der Waals surface area contributed by atoms with Crippen LogP contribution in [0.3, 0.4) is 0 Å². The average molecular weight is 325 g/mol. The van der Waals surface area contributed by atoms with Crippen LogP contribution in [0.1, 0.15) is 44.0 Å². The summed E-state index contributed by atoms with van der Waals surface area (Å²) in [5.74, 6) is -0.381. The molecule has 122 valence electrons. The van der Waals surface area contributed by atoms with E-state index < -0.39 is 6.04 Å². The van der Waals surface area contributed by atoms with Gasteiger partial charge in [-0.05, 0) is 24.5 Å². The second kappa shape index (κ2) is 8.79. The Kier molecular flexibility index (Phi) is 7.39. The first-order chi connectivity index (χ1) is 10.4. The van der Waals surface area contributed by atoms with Crippen LogP contribution in [0.4, 0.5) is 0 Å². The highest BCUT2D eigenvalue weighted by atomic mass is 35.5. The van der Waals surface area contributed by atoms with E-state index in [1.165, 1.54) is 0 Å². The predicted molar refractivity (Wildman–Crippen MR) is 90.1 cm³/mol. The highest BCUT2D eigenvalue weighted by Gasteiger charge is 2.27. The van der Waals surface area contributed by atoms with E-state index in [1.807, 2.05) is 13.8 Å². The van der Waals surface area contributed by atoms with Crippen LogP contribution in [0.25, 0.3) is 0 Å². The summed E-state index contributed by atoms with van der Waals surface area (Å²) in [4.78, 5) is 26.6. The number of amides is 2. The standard InChI is InChI=1S/C17H25ClN2O2/c1-5-6-11-20(4)17(22)15(12(2)3)19-16(21)13-9-7-8-10-14(13)18/h7-10,12,15H,5-6,11H2,1-4H3,(H,19,21). The van der Waals surface area contributed by atoms with Gasteiger partial charge in [-0.1, -0.05) is 50.9 Å².